The van der Waals surface area contributed by atoms with Crippen molar-refractivity contribution in [1.82, 2.24) is 4.98 Å². The monoisotopic (exact) mass is 296 g/mol. The van der Waals surface area contributed by atoms with Crippen LogP contribution >= 0.6 is 0 Å². The van der Waals surface area contributed by atoms with Gasteiger partial charge in [-0.05, 0) is 6.42 Å². The number of nitrogens with two attached hydrogens (primary N) is 1. The van der Waals surface area contributed by atoms with Gasteiger partial charge < -0.3 is 15.7 Å². The largest absolute Gasteiger partial charge is 0.477 e. The summed E-state index contributed by atoms with van der Waals surface area (Å²) in [5.74, 6) is -0.140. The van der Waals surface area contributed by atoms with Gasteiger partial charge in [0.1, 0.15) is 6.20 Å². The number of aromatic nitrogens is 1. The van der Waals surface area contributed by atoms with Crippen LogP contribution in [0.15, 0.2) is 17.4 Å². The van der Waals surface area contributed by atoms with Crippen LogP contribution in [0.1, 0.15) is 44.6 Å². The van der Waals surface area contributed by atoms with Crippen LogP contribution in [0.5, 0.6) is 5.88 Å². The lowest BCUT2D eigenvalue weighted by molar-refractivity contribution is -0.385. The zero-order valence-corrected chi connectivity index (χ0v) is 12.0. The molecular formula is C13H20N4O4. The second-order valence-electron chi connectivity index (χ2n) is 4.55. The summed E-state index contributed by atoms with van der Waals surface area (Å²) in [6, 6.07) is 1.18. The zero-order chi connectivity index (χ0) is 15.7. The lowest BCUT2D eigenvalue weighted by atomic mass is 10.2. The topological polar surface area (TPSA) is 124 Å². The average molecular weight is 296 g/mol. The fourth-order valence-electron chi connectivity index (χ4n) is 1.77. The number of amidine groups is 1. The van der Waals surface area contributed by atoms with E-state index in [-0.39, 0.29) is 23.0 Å². The standard InChI is InChI=1S/C13H20N4O4/c1-2-3-4-5-6-7-21-13-11(12(14)16-18)8-10(9-15-13)17(19)20/h8-9,18H,2-7H2,1H3,(H2,14,16). The molecule has 1 heterocycles. The van der Waals surface area contributed by atoms with Gasteiger partial charge in [0.15, 0.2) is 5.84 Å². The molecule has 0 saturated carbocycles. The number of pyridine rings is 1. The van der Waals surface area contributed by atoms with Crippen LogP contribution in [0.2, 0.25) is 0 Å². The van der Waals surface area contributed by atoms with Gasteiger partial charge in [-0.1, -0.05) is 37.8 Å². The van der Waals surface area contributed by atoms with Gasteiger partial charge in [0.2, 0.25) is 5.88 Å². The van der Waals surface area contributed by atoms with Crippen molar-refractivity contribution >= 4 is 11.5 Å². The SMILES string of the molecule is CCCCCCCOc1ncc([N+](=O)[O-])cc1C(N)=NO. The van der Waals surface area contributed by atoms with Crippen molar-refractivity contribution in [3.63, 3.8) is 0 Å². The summed E-state index contributed by atoms with van der Waals surface area (Å²) < 4.78 is 5.47. The smallest absolute Gasteiger partial charge is 0.288 e. The molecule has 0 amide bonds. The maximum absolute atomic E-state index is 10.7. The Morgan fingerprint density at radius 3 is 2.81 bits per heavy atom. The Bertz CT molecular complexity index is 505. The third kappa shape index (κ3) is 5.25. The van der Waals surface area contributed by atoms with E-state index in [9.17, 15) is 10.1 Å². The molecule has 21 heavy (non-hydrogen) atoms. The van der Waals surface area contributed by atoms with Crippen LogP contribution < -0.4 is 10.5 Å². The molecule has 0 aromatic carbocycles. The number of nitrogens with zero attached hydrogens (tertiary/aromatic N) is 3. The normalized spacial score (nSPS) is 11.4. The van der Waals surface area contributed by atoms with Crippen LogP contribution in [0.3, 0.4) is 0 Å². The fourth-order valence-corrected chi connectivity index (χ4v) is 1.77. The molecule has 0 unspecified atom stereocenters. The molecule has 3 N–H and O–H groups in total. The zero-order valence-electron chi connectivity index (χ0n) is 12.0. The van der Waals surface area contributed by atoms with Crippen LogP contribution in [0, 0.1) is 10.1 Å². The summed E-state index contributed by atoms with van der Waals surface area (Å²) in [6.45, 7) is 2.57. The predicted molar refractivity (Wildman–Crippen MR) is 77.7 cm³/mol. The van der Waals surface area contributed by atoms with E-state index in [1.54, 1.807) is 0 Å². The number of oxime groups is 1. The first-order valence-electron chi connectivity index (χ1n) is 6.85. The summed E-state index contributed by atoms with van der Waals surface area (Å²) in [6.07, 6.45) is 6.47. The predicted octanol–water partition coefficient (Wildman–Crippen LogP) is 2.43. The van der Waals surface area contributed by atoms with Crippen LogP contribution in [-0.4, -0.2) is 27.6 Å². The first kappa shape index (κ1) is 16.7. The van der Waals surface area contributed by atoms with Gasteiger partial charge in [0.25, 0.3) is 5.69 Å². The average Bonchev–Trinajstić information content (AvgIpc) is 2.49. The quantitative estimate of drug-likeness (QED) is 0.180. The molecule has 0 aliphatic heterocycles. The van der Waals surface area contributed by atoms with Gasteiger partial charge in [-0.3, -0.25) is 10.1 Å². The van der Waals surface area contributed by atoms with Gasteiger partial charge in [-0.15, -0.1) is 0 Å². The molecule has 1 rings (SSSR count). The number of nitro groups is 1. The fraction of sp³-hybridized carbons (Fsp3) is 0.538. The second-order valence-corrected chi connectivity index (χ2v) is 4.55. The number of rotatable bonds is 9. The highest BCUT2D eigenvalue weighted by Gasteiger charge is 2.16. The number of unbranched alkanes of at least 4 members (excludes halogenated alkanes) is 4. The molecule has 0 aliphatic rings. The highest BCUT2D eigenvalue weighted by molar-refractivity contribution is 5.99. The van der Waals surface area contributed by atoms with Gasteiger partial charge >= 0.3 is 0 Å². The van der Waals surface area contributed by atoms with E-state index < -0.39 is 4.92 Å². The van der Waals surface area contributed by atoms with E-state index in [1.165, 1.54) is 18.9 Å². The Morgan fingerprint density at radius 2 is 2.19 bits per heavy atom. The molecule has 116 valence electrons. The van der Waals surface area contributed by atoms with Crippen molar-refractivity contribution in [2.75, 3.05) is 6.61 Å². The van der Waals surface area contributed by atoms with E-state index in [1.807, 2.05) is 0 Å². The minimum Gasteiger partial charge on any atom is -0.477 e. The van der Waals surface area contributed by atoms with Crippen LogP contribution in [0.25, 0.3) is 0 Å². The highest BCUT2D eigenvalue weighted by Crippen LogP contribution is 2.21. The molecule has 8 heteroatoms. The van der Waals surface area contributed by atoms with E-state index in [0.717, 1.165) is 25.5 Å². The van der Waals surface area contributed by atoms with Crippen molar-refractivity contribution in [2.24, 2.45) is 10.9 Å². The Balaban J connectivity index is 2.70. The first-order chi connectivity index (χ1) is 10.1. The van der Waals surface area contributed by atoms with Gasteiger partial charge in [-0.2, -0.15) is 0 Å². The molecule has 0 radical (unpaired) electrons. The van der Waals surface area contributed by atoms with E-state index >= 15 is 0 Å². The number of hydrogen-bond acceptors (Lipinski definition) is 6. The Hall–Kier alpha value is -2.38. The van der Waals surface area contributed by atoms with Crippen molar-refractivity contribution < 1.29 is 14.9 Å². The maximum atomic E-state index is 10.7. The number of ether oxygens (including phenoxy) is 1. The molecule has 0 bridgehead atoms. The molecule has 8 nitrogen and oxygen atoms in total. The molecule has 1 aromatic heterocycles. The molecule has 0 spiro atoms. The summed E-state index contributed by atoms with van der Waals surface area (Å²) >= 11 is 0. The number of hydrogen-bond donors (Lipinski definition) is 2. The minimum atomic E-state index is -0.602. The van der Waals surface area contributed by atoms with Gasteiger partial charge in [0.05, 0.1) is 17.1 Å². The third-order valence-corrected chi connectivity index (χ3v) is 2.92. The molecule has 0 atom stereocenters. The maximum Gasteiger partial charge on any atom is 0.288 e. The molecule has 1 aromatic rings. The molecule has 0 aliphatic carbocycles. The van der Waals surface area contributed by atoms with E-state index in [4.69, 9.17) is 15.7 Å². The summed E-state index contributed by atoms with van der Waals surface area (Å²) in [7, 11) is 0. The van der Waals surface area contributed by atoms with Gasteiger partial charge in [0, 0.05) is 6.07 Å². The van der Waals surface area contributed by atoms with Crippen LogP contribution in [-0.2, 0) is 0 Å². The van der Waals surface area contributed by atoms with E-state index in [0.29, 0.717) is 6.61 Å². The van der Waals surface area contributed by atoms with Crippen molar-refractivity contribution in [1.29, 1.82) is 0 Å². The van der Waals surface area contributed by atoms with E-state index in [2.05, 4.69) is 17.1 Å². The summed E-state index contributed by atoms with van der Waals surface area (Å²) in [4.78, 5) is 14.0. The summed E-state index contributed by atoms with van der Waals surface area (Å²) in [5, 5.41) is 22.3. The molecular weight excluding hydrogens is 276 g/mol. The van der Waals surface area contributed by atoms with Crippen molar-refractivity contribution in [3.8, 4) is 5.88 Å². The minimum absolute atomic E-state index is 0.111. The summed E-state index contributed by atoms with van der Waals surface area (Å²) in [5.41, 5.74) is 5.36. The van der Waals surface area contributed by atoms with Crippen molar-refractivity contribution in [3.05, 3.63) is 27.9 Å². The lowest BCUT2D eigenvalue weighted by Crippen LogP contribution is -2.16. The third-order valence-electron chi connectivity index (χ3n) is 2.92. The lowest BCUT2D eigenvalue weighted by Gasteiger charge is -2.09. The molecule has 0 fully saturated rings. The second kappa shape index (κ2) is 8.72. The Labute approximate surface area is 122 Å². The van der Waals surface area contributed by atoms with Crippen molar-refractivity contribution in [2.45, 2.75) is 39.0 Å². The van der Waals surface area contributed by atoms with Gasteiger partial charge in [-0.25, -0.2) is 4.98 Å². The molecule has 0 saturated heterocycles. The Kier molecular flexibility index (Phi) is 6.93. The van der Waals surface area contributed by atoms with Crippen LogP contribution in [0.4, 0.5) is 5.69 Å². The Morgan fingerprint density at radius 1 is 1.48 bits per heavy atom. The first-order valence-corrected chi connectivity index (χ1v) is 6.85. The highest BCUT2D eigenvalue weighted by atomic mass is 16.6.